The van der Waals surface area contributed by atoms with Gasteiger partial charge in [0.25, 0.3) is 0 Å². The van der Waals surface area contributed by atoms with Gasteiger partial charge in [0.2, 0.25) is 0 Å². The molecular formula is C18H29NO2. The predicted molar refractivity (Wildman–Crippen MR) is 86.8 cm³/mol. The molecule has 0 heterocycles. The van der Waals surface area contributed by atoms with E-state index < -0.39 is 6.10 Å². The Morgan fingerprint density at radius 1 is 1.19 bits per heavy atom. The maximum Gasteiger partial charge on any atom is 0.119 e. The number of likely N-dealkylation sites (N-methyl/N-ethyl adjacent to an activating group) is 1. The van der Waals surface area contributed by atoms with Crippen LogP contribution >= 0.6 is 0 Å². The number of hydrogen-bond donors (Lipinski definition) is 1. The second-order valence-corrected chi connectivity index (χ2v) is 6.16. The van der Waals surface area contributed by atoms with Gasteiger partial charge < -0.3 is 9.84 Å². The summed E-state index contributed by atoms with van der Waals surface area (Å²) in [7, 11) is 0. The Hall–Kier alpha value is -1.06. The molecule has 2 rings (SSSR count). The average Bonchev–Trinajstić information content (AvgIpc) is 2.53. The van der Waals surface area contributed by atoms with Crippen molar-refractivity contribution in [3.63, 3.8) is 0 Å². The highest BCUT2D eigenvalue weighted by molar-refractivity contribution is 5.26. The number of aliphatic hydroxyl groups is 1. The molecule has 1 aliphatic carbocycles. The van der Waals surface area contributed by atoms with Crippen molar-refractivity contribution in [1.82, 2.24) is 4.90 Å². The second-order valence-electron chi connectivity index (χ2n) is 6.16. The lowest BCUT2D eigenvalue weighted by Gasteiger charge is -2.34. The van der Waals surface area contributed by atoms with Crippen molar-refractivity contribution in [1.29, 1.82) is 0 Å². The number of aliphatic hydroxyl groups excluding tert-OH is 1. The molecule has 1 aliphatic rings. The third kappa shape index (κ3) is 5.33. The quantitative estimate of drug-likeness (QED) is 0.836. The van der Waals surface area contributed by atoms with Crippen molar-refractivity contribution in [3.05, 3.63) is 29.8 Å². The number of aryl methyl sites for hydroxylation is 1. The Balaban J connectivity index is 1.76. The Bertz CT molecular complexity index is 398. The average molecular weight is 291 g/mol. The molecule has 21 heavy (non-hydrogen) atoms. The summed E-state index contributed by atoms with van der Waals surface area (Å²) >= 11 is 0. The zero-order chi connectivity index (χ0) is 15.1. The summed E-state index contributed by atoms with van der Waals surface area (Å²) in [5.41, 5.74) is 1.22. The summed E-state index contributed by atoms with van der Waals surface area (Å²) < 4.78 is 5.68. The summed E-state index contributed by atoms with van der Waals surface area (Å²) in [4.78, 5) is 2.42. The zero-order valence-electron chi connectivity index (χ0n) is 13.4. The van der Waals surface area contributed by atoms with Crippen LogP contribution < -0.4 is 4.74 Å². The summed E-state index contributed by atoms with van der Waals surface area (Å²) in [5, 5.41) is 10.2. The molecule has 118 valence electrons. The van der Waals surface area contributed by atoms with Gasteiger partial charge in [0.15, 0.2) is 0 Å². The molecular weight excluding hydrogens is 262 g/mol. The largest absolute Gasteiger partial charge is 0.491 e. The van der Waals surface area contributed by atoms with Gasteiger partial charge in [-0.25, -0.2) is 0 Å². The fourth-order valence-corrected chi connectivity index (χ4v) is 3.13. The molecule has 1 atom stereocenters. The van der Waals surface area contributed by atoms with Crippen LogP contribution in [0.25, 0.3) is 0 Å². The normalized spacial score (nSPS) is 17.9. The first-order valence-corrected chi connectivity index (χ1v) is 8.30. The van der Waals surface area contributed by atoms with Gasteiger partial charge in [-0.3, -0.25) is 4.90 Å². The van der Waals surface area contributed by atoms with E-state index in [0.717, 1.165) is 12.3 Å². The molecule has 1 aromatic rings. The van der Waals surface area contributed by atoms with Gasteiger partial charge in [0, 0.05) is 12.6 Å². The molecule has 0 spiro atoms. The summed E-state index contributed by atoms with van der Waals surface area (Å²) in [6.45, 7) is 6.33. The van der Waals surface area contributed by atoms with Gasteiger partial charge in [-0.2, -0.15) is 0 Å². The lowest BCUT2D eigenvalue weighted by atomic mass is 9.94. The Kier molecular flexibility index (Phi) is 6.52. The van der Waals surface area contributed by atoms with Crippen LogP contribution in [0.3, 0.4) is 0 Å². The van der Waals surface area contributed by atoms with E-state index in [2.05, 4.69) is 18.7 Å². The molecule has 0 aliphatic heterocycles. The van der Waals surface area contributed by atoms with Crippen molar-refractivity contribution in [2.75, 3.05) is 19.7 Å². The molecule has 1 aromatic carbocycles. The fourth-order valence-electron chi connectivity index (χ4n) is 3.13. The van der Waals surface area contributed by atoms with Crippen molar-refractivity contribution in [3.8, 4) is 5.75 Å². The van der Waals surface area contributed by atoms with Gasteiger partial charge in [-0.05, 0) is 38.4 Å². The molecule has 0 saturated heterocycles. The van der Waals surface area contributed by atoms with Gasteiger partial charge in [0.05, 0.1) is 0 Å². The van der Waals surface area contributed by atoms with E-state index in [1.54, 1.807) is 0 Å². The van der Waals surface area contributed by atoms with Crippen LogP contribution in [0.4, 0.5) is 0 Å². The fraction of sp³-hybridized carbons (Fsp3) is 0.667. The SMILES string of the molecule is CCN(CC(O)COc1ccc(C)cc1)C1CCCCC1. The Morgan fingerprint density at radius 3 is 2.48 bits per heavy atom. The Morgan fingerprint density at radius 2 is 1.86 bits per heavy atom. The van der Waals surface area contributed by atoms with Gasteiger partial charge in [-0.15, -0.1) is 0 Å². The van der Waals surface area contributed by atoms with Gasteiger partial charge in [-0.1, -0.05) is 43.9 Å². The number of nitrogens with zero attached hydrogens (tertiary/aromatic N) is 1. The molecule has 1 saturated carbocycles. The Labute approximate surface area is 128 Å². The van der Waals surface area contributed by atoms with Crippen LogP contribution in [0.2, 0.25) is 0 Å². The monoisotopic (exact) mass is 291 g/mol. The summed E-state index contributed by atoms with van der Waals surface area (Å²) in [6.07, 6.45) is 6.16. The minimum atomic E-state index is -0.423. The first-order chi connectivity index (χ1) is 10.2. The minimum absolute atomic E-state index is 0.367. The molecule has 3 heteroatoms. The van der Waals surface area contributed by atoms with Crippen LogP contribution in [0.5, 0.6) is 5.75 Å². The number of rotatable bonds is 7. The van der Waals surface area contributed by atoms with Crippen molar-refractivity contribution in [2.24, 2.45) is 0 Å². The van der Waals surface area contributed by atoms with Gasteiger partial charge in [0.1, 0.15) is 18.5 Å². The highest BCUT2D eigenvalue weighted by Crippen LogP contribution is 2.22. The van der Waals surface area contributed by atoms with Crippen molar-refractivity contribution in [2.45, 2.75) is 58.1 Å². The predicted octanol–water partition coefficient (Wildman–Crippen LogP) is 3.39. The topological polar surface area (TPSA) is 32.7 Å². The zero-order valence-corrected chi connectivity index (χ0v) is 13.4. The van der Waals surface area contributed by atoms with E-state index in [-0.39, 0.29) is 0 Å². The maximum absolute atomic E-state index is 10.2. The van der Waals surface area contributed by atoms with E-state index >= 15 is 0 Å². The third-order valence-electron chi connectivity index (χ3n) is 4.41. The van der Waals surface area contributed by atoms with Crippen LogP contribution in [-0.2, 0) is 0 Å². The highest BCUT2D eigenvalue weighted by Gasteiger charge is 2.22. The van der Waals surface area contributed by atoms with E-state index in [1.807, 2.05) is 24.3 Å². The first-order valence-electron chi connectivity index (χ1n) is 8.30. The first kappa shape index (κ1) is 16.3. The van der Waals surface area contributed by atoms with Crippen molar-refractivity contribution >= 4 is 0 Å². The molecule has 0 aromatic heterocycles. The van der Waals surface area contributed by atoms with Crippen LogP contribution in [0, 0.1) is 6.92 Å². The van der Waals surface area contributed by atoms with Crippen molar-refractivity contribution < 1.29 is 9.84 Å². The standard InChI is InChI=1S/C18H29NO2/c1-3-19(16-7-5-4-6-8-16)13-17(20)14-21-18-11-9-15(2)10-12-18/h9-12,16-17,20H,3-8,13-14H2,1-2H3. The molecule has 1 N–H and O–H groups in total. The third-order valence-corrected chi connectivity index (χ3v) is 4.41. The minimum Gasteiger partial charge on any atom is -0.491 e. The van der Waals surface area contributed by atoms with Crippen LogP contribution in [-0.4, -0.2) is 41.8 Å². The van der Waals surface area contributed by atoms with E-state index in [1.165, 1.54) is 37.7 Å². The lowest BCUT2D eigenvalue weighted by molar-refractivity contribution is 0.0463. The molecule has 1 unspecified atom stereocenters. The number of benzene rings is 1. The maximum atomic E-state index is 10.2. The molecule has 0 amide bonds. The van der Waals surface area contributed by atoms with E-state index in [9.17, 15) is 5.11 Å². The molecule has 3 nitrogen and oxygen atoms in total. The molecule has 0 radical (unpaired) electrons. The summed E-state index contributed by atoms with van der Waals surface area (Å²) in [6, 6.07) is 8.63. The highest BCUT2D eigenvalue weighted by atomic mass is 16.5. The molecule has 0 bridgehead atoms. The van der Waals surface area contributed by atoms with E-state index in [0.29, 0.717) is 19.2 Å². The smallest absolute Gasteiger partial charge is 0.119 e. The van der Waals surface area contributed by atoms with Crippen LogP contribution in [0.1, 0.15) is 44.6 Å². The number of ether oxygens (including phenoxy) is 1. The second kappa shape index (κ2) is 8.40. The lowest BCUT2D eigenvalue weighted by Crippen LogP contribution is -2.43. The summed E-state index contributed by atoms with van der Waals surface area (Å²) in [5.74, 6) is 0.834. The van der Waals surface area contributed by atoms with Gasteiger partial charge >= 0.3 is 0 Å². The molecule has 1 fully saturated rings. The van der Waals surface area contributed by atoms with E-state index in [4.69, 9.17) is 4.74 Å². The van der Waals surface area contributed by atoms with Crippen LogP contribution in [0.15, 0.2) is 24.3 Å². The number of hydrogen-bond acceptors (Lipinski definition) is 3.